The van der Waals surface area contributed by atoms with E-state index in [4.69, 9.17) is 16.0 Å². The predicted molar refractivity (Wildman–Crippen MR) is 64.4 cm³/mol. The van der Waals surface area contributed by atoms with E-state index < -0.39 is 0 Å². The van der Waals surface area contributed by atoms with E-state index in [1.54, 1.807) is 6.26 Å². The third kappa shape index (κ3) is 2.10. The smallest absolute Gasteiger partial charge is 0.227 e. The highest BCUT2D eigenvalue weighted by Gasteiger charge is 2.12. The van der Waals surface area contributed by atoms with Crippen LogP contribution in [0.15, 0.2) is 34.9 Å². The van der Waals surface area contributed by atoms with E-state index in [0.29, 0.717) is 10.9 Å². The van der Waals surface area contributed by atoms with Crippen LogP contribution in [-0.2, 0) is 0 Å². The Bertz CT molecular complexity index is 481. The van der Waals surface area contributed by atoms with Crippen molar-refractivity contribution < 1.29 is 4.42 Å². The SMILES string of the molecule is CNC(C)c1coc(-c2ccccc2Cl)n1. The molecule has 0 aliphatic rings. The van der Waals surface area contributed by atoms with Crippen LogP contribution in [0.25, 0.3) is 11.5 Å². The first kappa shape index (κ1) is 11.2. The molecule has 1 aromatic heterocycles. The zero-order valence-corrected chi connectivity index (χ0v) is 9.95. The van der Waals surface area contributed by atoms with Gasteiger partial charge in [0.2, 0.25) is 5.89 Å². The minimum absolute atomic E-state index is 0.167. The van der Waals surface area contributed by atoms with Crippen LogP contribution in [0.4, 0.5) is 0 Å². The van der Waals surface area contributed by atoms with Gasteiger partial charge in [0.15, 0.2) is 0 Å². The molecule has 1 N–H and O–H groups in total. The monoisotopic (exact) mass is 236 g/mol. The molecule has 0 aliphatic carbocycles. The number of rotatable bonds is 3. The van der Waals surface area contributed by atoms with Crippen molar-refractivity contribution in [3.05, 3.63) is 41.2 Å². The first-order valence-corrected chi connectivity index (χ1v) is 5.47. The van der Waals surface area contributed by atoms with Crippen LogP contribution < -0.4 is 5.32 Å². The molecule has 0 saturated heterocycles. The predicted octanol–water partition coefficient (Wildman–Crippen LogP) is 3.28. The second-order valence-corrected chi connectivity index (χ2v) is 3.97. The molecule has 16 heavy (non-hydrogen) atoms. The molecule has 2 rings (SSSR count). The summed E-state index contributed by atoms with van der Waals surface area (Å²) in [5, 5.41) is 3.75. The summed E-state index contributed by atoms with van der Waals surface area (Å²) in [4.78, 5) is 4.40. The Labute approximate surface area is 99.5 Å². The van der Waals surface area contributed by atoms with Crippen molar-refractivity contribution in [1.29, 1.82) is 0 Å². The van der Waals surface area contributed by atoms with Crippen molar-refractivity contribution in [2.24, 2.45) is 0 Å². The van der Waals surface area contributed by atoms with Crippen LogP contribution in [0.5, 0.6) is 0 Å². The lowest BCUT2D eigenvalue weighted by atomic mass is 10.2. The van der Waals surface area contributed by atoms with Gasteiger partial charge in [-0.15, -0.1) is 0 Å². The Balaban J connectivity index is 2.35. The zero-order valence-electron chi connectivity index (χ0n) is 9.20. The van der Waals surface area contributed by atoms with Crippen LogP contribution in [-0.4, -0.2) is 12.0 Å². The van der Waals surface area contributed by atoms with Crippen molar-refractivity contribution in [2.45, 2.75) is 13.0 Å². The number of hydrogen-bond acceptors (Lipinski definition) is 3. The van der Waals surface area contributed by atoms with E-state index in [1.807, 2.05) is 38.2 Å². The molecule has 0 amide bonds. The molecule has 0 spiro atoms. The van der Waals surface area contributed by atoms with Crippen molar-refractivity contribution in [2.75, 3.05) is 7.05 Å². The number of nitrogens with zero attached hydrogens (tertiary/aromatic N) is 1. The lowest BCUT2D eigenvalue weighted by Crippen LogP contribution is -2.12. The molecule has 2 aromatic rings. The quantitative estimate of drug-likeness (QED) is 0.889. The molecular formula is C12H13ClN2O. The van der Waals surface area contributed by atoms with Crippen LogP contribution in [0, 0.1) is 0 Å². The second kappa shape index (κ2) is 4.68. The number of benzene rings is 1. The fourth-order valence-electron chi connectivity index (χ4n) is 1.39. The van der Waals surface area contributed by atoms with Gasteiger partial charge in [0.1, 0.15) is 6.26 Å². The van der Waals surface area contributed by atoms with Gasteiger partial charge in [0.25, 0.3) is 0 Å². The van der Waals surface area contributed by atoms with Gasteiger partial charge >= 0.3 is 0 Å². The first-order valence-electron chi connectivity index (χ1n) is 5.10. The lowest BCUT2D eigenvalue weighted by molar-refractivity contribution is 0.564. The summed E-state index contributed by atoms with van der Waals surface area (Å²) in [7, 11) is 1.88. The minimum Gasteiger partial charge on any atom is -0.444 e. The van der Waals surface area contributed by atoms with E-state index in [0.717, 1.165) is 11.3 Å². The number of halogens is 1. The molecule has 0 saturated carbocycles. The van der Waals surface area contributed by atoms with Crippen molar-refractivity contribution in [3.8, 4) is 11.5 Å². The third-order valence-electron chi connectivity index (χ3n) is 2.50. The van der Waals surface area contributed by atoms with E-state index in [1.165, 1.54) is 0 Å². The van der Waals surface area contributed by atoms with Crippen LogP contribution in [0.1, 0.15) is 18.7 Å². The Morgan fingerprint density at radius 2 is 2.12 bits per heavy atom. The number of oxazole rings is 1. The minimum atomic E-state index is 0.167. The molecule has 1 unspecified atom stereocenters. The maximum Gasteiger partial charge on any atom is 0.227 e. The van der Waals surface area contributed by atoms with Crippen molar-refractivity contribution >= 4 is 11.6 Å². The summed E-state index contributed by atoms with van der Waals surface area (Å²) in [6.45, 7) is 2.02. The fraction of sp³-hybridized carbons (Fsp3) is 0.250. The summed E-state index contributed by atoms with van der Waals surface area (Å²) < 4.78 is 5.42. The first-order chi connectivity index (χ1) is 7.72. The van der Waals surface area contributed by atoms with Gasteiger partial charge in [-0.1, -0.05) is 23.7 Å². The Morgan fingerprint density at radius 1 is 1.38 bits per heavy atom. The van der Waals surface area contributed by atoms with Gasteiger partial charge in [-0.2, -0.15) is 0 Å². The molecule has 0 aliphatic heterocycles. The summed E-state index contributed by atoms with van der Waals surface area (Å²) in [5.74, 6) is 0.558. The molecule has 3 nitrogen and oxygen atoms in total. The van der Waals surface area contributed by atoms with E-state index >= 15 is 0 Å². The molecule has 4 heteroatoms. The normalized spacial score (nSPS) is 12.7. The summed E-state index contributed by atoms with van der Waals surface area (Å²) in [6, 6.07) is 7.67. The highest BCUT2D eigenvalue weighted by atomic mass is 35.5. The zero-order chi connectivity index (χ0) is 11.5. The van der Waals surface area contributed by atoms with Crippen molar-refractivity contribution in [3.63, 3.8) is 0 Å². The number of aromatic nitrogens is 1. The molecular weight excluding hydrogens is 224 g/mol. The highest BCUT2D eigenvalue weighted by Crippen LogP contribution is 2.27. The summed E-state index contributed by atoms with van der Waals surface area (Å²) in [6.07, 6.45) is 1.65. The average Bonchev–Trinajstić information content (AvgIpc) is 2.78. The van der Waals surface area contributed by atoms with Gasteiger partial charge in [-0.3, -0.25) is 0 Å². The van der Waals surface area contributed by atoms with Gasteiger partial charge in [-0.05, 0) is 26.1 Å². The third-order valence-corrected chi connectivity index (χ3v) is 2.83. The largest absolute Gasteiger partial charge is 0.444 e. The molecule has 0 bridgehead atoms. The van der Waals surface area contributed by atoms with Gasteiger partial charge < -0.3 is 9.73 Å². The summed E-state index contributed by atoms with van der Waals surface area (Å²) in [5.41, 5.74) is 1.69. The molecule has 0 fully saturated rings. The Morgan fingerprint density at radius 3 is 2.81 bits per heavy atom. The molecule has 1 heterocycles. The molecule has 1 aromatic carbocycles. The lowest BCUT2D eigenvalue weighted by Gasteiger charge is -2.03. The van der Waals surface area contributed by atoms with Gasteiger partial charge in [0, 0.05) is 6.04 Å². The Kier molecular flexibility index (Phi) is 3.27. The Hall–Kier alpha value is -1.32. The molecule has 0 radical (unpaired) electrons. The van der Waals surface area contributed by atoms with E-state index in [-0.39, 0.29) is 6.04 Å². The molecule has 84 valence electrons. The standard InChI is InChI=1S/C12H13ClN2O/c1-8(14-2)11-7-16-12(15-11)9-5-3-4-6-10(9)13/h3-8,14H,1-2H3. The van der Waals surface area contributed by atoms with Crippen LogP contribution in [0.2, 0.25) is 5.02 Å². The fourth-order valence-corrected chi connectivity index (χ4v) is 1.61. The molecule has 1 atom stereocenters. The maximum absolute atomic E-state index is 6.07. The van der Waals surface area contributed by atoms with Crippen LogP contribution >= 0.6 is 11.6 Å². The number of nitrogens with one attached hydrogen (secondary N) is 1. The summed E-state index contributed by atoms with van der Waals surface area (Å²) >= 11 is 6.07. The maximum atomic E-state index is 6.07. The topological polar surface area (TPSA) is 38.1 Å². The van der Waals surface area contributed by atoms with Gasteiger partial charge in [0.05, 0.1) is 16.3 Å². The highest BCUT2D eigenvalue weighted by molar-refractivity contribution is 6.33. The van der Waals surface area contributed by atoms with E-state index in [9.17, 15) is 0 Å². The van der Waals surface area contributed by atoms with Gasteiger partial charge in [-0.25, -0.2) is 4.98 Å². The van der Waals surface area contributed by atoms with E-state index in [2.05, 4.69) is 10.3 Å². The number of hydrogen-bond donors (Lipinski definition) is 1. The average molecular weight is 237 g/mol. The van der Waals surface area contributed by atoms with Crippen LogP contribution in [0.3, 0.4) is 0 Å². The second-order valence-electron chi connectivity index (χ2n) is 3.57. The van der Waals surface area contributed by atoms with Crippen molar-refractivity contribution in [1.82, 2.24) is 10.3 Å².